The Morgan fingerprint density at radius 2 is 2.00 bits per heavy atom. The van der Waals surface area contributed by atoms with Crippen molar-refractivity contribution in [1.82, 2.24) is 0 Å². The highest BCUT2D eigenvalue weighted by molar-refractivity contribution is 7.90. The molecule has 80 valence electrons. The molecule has 0 amide bonds. The number of hydrogen-bond donors (Lipinski definition) is 0. The lowest BCUT2D eigenvalue weighted by Crippen LogP contribution is -1.98. The molecule has 0 atom stereocenters. The third-order valence-electron chi connectivity index (χ3n) is 2.13. The van der Waals surface area contributed by atoms with Crippen molar-refractivity contribution in [3.8, 4) is 0 Å². The third kappa shape index (κ3) is 2.58. The molecular weight excluding hydrogens is 228 g/mol. The maximum atomic E-state index is 11.2. The Labute approximate surface area is 93.5 Å². The van der Waals surface area contributed by atoms with Gasteiger partial charge in [-0.2, -0.15) is 0 Å². The van der Waals surface area contributed by atoms with E-state index in [1.54, 1.807) is 11.3 Å². The van der Waals surface area contributed by atoms with Crippen LogP contribution in [-0.4, -0.2) is 14.7 Å². The van der Waals surface area contributed by atoms with Crippen LogP contribution in [0.3, 0.4) is 0 Å². The molecule has 0 radical (unpaired) electrons. The summed E-state index contributed by atoms with van der Waals surface area (Å²) in [4.78, 5) is 0.915. The standard InChI is InChI=1S/C11H12O2S2/c1-8-3-4-11-9(5-8)6-10(14-11)7-15(2,12)13/h3-6H,7H2,1-2H3. The molecule has 0 N–H and O–H groups in total. The van der Waals surface area contributed by atoms with Crippen LogP contribution >= 0.6 is 11.3 Å². The van der Waals surface area contributed by atoms with Crippen molar-refractivity contribution in [1.29, 1.82) is 0 Å². The van der Waals surface area contributed by atoms with Crippen molar-refractivity contribution in [2.75, 3.05) is 6.26 Å². The van der Waals surface area contributed by atoms with Gasteiger partial charge in [0, 0.05) is 15.8 Å². The van der Waals surface area contributed by atoms with E-state index in [2.05, 4.69) is 6.07 Å². The van der Waals surface area contributed by atoms with Crippen LogP contribution in [-0.2, 0) is 15.6 Å². The summed E-state index contributed by atoms with van der Waals surface area (Å²) < 4.78 is 23.5. The van der Waals surface area contributed by atoms with Crippen LogP contribution in [0.1, 0.15) is 10.4 Å². The second kappa shape index (κ2) is 3.61. The first-order valence-electron chi connectivity index (χ1n) is 4.61. The largest absolute Gasteiger partial charge is 0.229 e. The molecule has 2 nitrogen and oxygen atoms in total. The number of fused-ring (bicyclic) bond motifs is 1. The summed E-state index contributed by atoms with van der Waals surface area (Å²) in [6, 6.07) is 8.13. The molecule has 0 aliphatic rings. The van der Waals surface area contributed by atoms with Gasteiger partial charge in [0.15, 0.2) is 9.84 Å². The number of aryl methyl sites for hydroxylation is 1. The van der Waals surface area contributed by atoms with Crippen molar-refractivity contribution in [3.05, 3.63) is 34.7 Å². The van der Waals surface area contributed by atoms with E-state index in [1.165, 1.54) is 11.8 Å². The Hall–Kier alpha value is -0.870. The second-order valence-electron chi connectivity index (χ2n) is 3.82. The lowest BCUT2D eigenvalue weighted by molar-refractivity contribution is 0.601. The van der Waals surface area contributed by atoms with E-state index < -0.39 is 9.84 Å². The molecule has 0 unspecified atom stereocenters. The smallest absolute Gasteiger partial charge is 0.152 e. The highest BCUT2D eigenvalue weighted by atomic mass is 32.2. The Balaban J connectivity index is 2.48. The second-order valence-corrected chi connectivity index (χ2v) is 7.13. The van der Waals surface area contributed by atoms with Crippen LogP contribution in [0.25, 0.3) is 10.1 Å². The molecule has 0 aliphatic heterocycles. The summed E-state index contributed by atoms with van der Waals surface area (Å²) in [7, 11) is -2.92. The molecule has 0 saturated heterocycles. The zero-order chi connectivity index (χ0) is 11.1. The fraction of sp³-hybridized carbons (Fsp3) is 0.273. The van der Waals surface area contributed by atoms with Gasteiger partial charge in [0.1, 0.15) is 0 Å². The SMILES string of the molecule is Cc1ccc2sc(CS(C)(=O)=O)cc2c1. The van der Waals surface area contributed by atoms with Crippen LogP contribution in [0.2, 0.25) is 0 Å². The van der Waals surface area contributed by atoms with Gasteiger partial charge < -0.3 is 0 Å². The van der Waals surface area contributed by atoms with Crippen molar-refractivity contribution >= 4 is 31.3 Å². The van der Waals surface area contributed by atoms with Crippen LogP contribution in [0.5, 0.6) is 0 Å². The number of sulfone groups is 1. The molecule has 0 aliphatic carbocycles. The fourth-order valence-electron chi connectivity index (χ4n) is 1.55. The Kier molecular flexibility index (Phi) is 2.56. The molecule has 0 bridgehead atoms. The van der Waals surface area contributed by atoms with Crippen molar-refractivity contribution in [2.45, 2.75) is 12.7 Å². The minimum Gasteiger partial charge on any atom is -0.229 e. The van der Waals surface area contributed by atoms with E-state index in [9.17, 15) is 8.42 Å². The van der Waals surface area contributed by atoms with E-state index in [0.29, 0.717) is 0 Å². The maximum absolute atomic E-state index is 11.2. The van der Waals surface area contributed by atoms with Crippen LogP contribution < -0.4 is 0 Å². The number of hydrogen-bond acceptors (Lipinski definition) is 3. The Morgan fingerprint density at radius 3 is 2.67 bits per heavy atom. The van der Waals surface area contributed by atoms with Gasteiger partial charge in [0.05, 0.1) is 5.75 Å². The van der Waals surface area contributed by atoms with E-state index in [1.807, 2.05) is 25.1 Å². The number of rotatable bonds is 2. The Morgan fingerprint density at radius 1 is 1.27 bits per heavy atom. The predicted octanol–water partition coefficient (Wildman–Crippen LogP) is 2.75. The van der Waals surface area contributed by atoms with Crippen LogP contribution in [0, 0.1) is 6.92 Å². The summed E-state index contributed by atoms with van der Waals surface area (Å²) in [5, 5.41) is 1.14. The average molecular weight is 240 g/mol. The molecule has 0 saturated carbocycles. The summed E-state index contributed by atoms with van der Waals surface area (Å²) in [6.07, 6.45) is 1.27. The van der Waals surface area contributed by atoms with E-state index in [-0.39, 0.29) is 5.75 Å². The van der Waals surface area contributed by atoms with Crippen molar-refractivity contribution < 1.29 is 8.42 Å². The van der Waals surface area contributed by atoms with E-state index >= 15 is 0 Å². The lowest BCUT2D eigenvalue weighted by atomic mass is 10.2. The number of benzene rings is 1. The fourth-order valence-corrected chi connectivity index (χ4v) is 3.87. The maximum Gasteiger partial charge on any atom is 0.152 e. The van der Waals surface area contributed by atoms with E-state index in [4.69, 9.17) is 0 Å². The average Bonchev–Trinajstić information content (AvgIpc) is 2.42. The molecule has 2 aromatic rings. The highest BCUT2D eigenvalue weighted by Gasteiger charge is 2.08. The number of thiophene rings is 1. The van der Waals surface area contributed by atoms with Crippen LogP contribution in [0.15, 0.2) is 24.3 Å². The van der Waals surface area contributed by atoms with Gasteiger partial charge in [-0.1, -0.05) is 17.7 Å². The third-order valence-corrected chi connectivity index (χ3v) is 4.26. The lowest BCUT2D eigenvalue weighted by Gasteiger charge is -1.91. The zero-order valence-electron chi connectivity index (χ0n) is 8.65. The van der Waals surface area contributed by atoms with Gasteiger partial charge in [-0.15, -0.1) is 11.3 Å². The van der Waals surface area contributed by atoms with Crippen molar-refractivity contribution in [2.24, 2.45) is 0 Å². The minimum absolute atomic E-state index is 0.144. The first-order valence-corrected chi connectivity index (χ1v) is 7.48. The van der Waals surface area contributed by atoms with Gasteiger partial charge in [0.2, 0.25) is 0 Å². The first kappa shape index (κ1) is 10.6. The quantitative estimate of drug-likeness (QED) is 0.809. The molecule has 1 aromatic carbocycles. The van der Waals surface area contributed by atoms with Gasteiger partial charge in [-0.25, -0.2) is 8.42 Å². The predicted molar refractivity (Wildman–Crippen MR) is 65.1 cm³/mol. The molecule has 1 aromatic heterocycles. The van der Waals surface area contributed by atoms with Gasteiger partial charge >= 0.3 is 0 Å². The summed E-state index contributed by atoms with van der Waals surface area (Å²) >= 11 is 1.55. The first-order chi connectivity index (χ1) is 6.94. The molecule has 15 heavy (non-hydrogen) atoms. The van der Waals surface area contributed by atoms with Crippen LogP contribution in [0.4, 0.5) is 0 Å². The monoisotopic (exact) mass is 240 g/mol. The molecule has 0 spiro atoms. The molecule has 4 heteroatoms. The van der Waals surface area contributed by atoms with Gasteiger partial charge in [-0.3, -0.25) is 0 Å². The van der Waals surface area contributed by atoms with Gasteiger partial charge in [-0.05, 0) is 24.4 Å². The topological polar surface area (TPSA) is 34.1 Å². The summed E-state index contributed by atoms with van der Waals surface area (Å²) in [6.45, 7) is 2.04. The summed E-state index contributed by atoms with van der Waals surface area (Å²) in [5.41, 5.74) is 1.20. The molecular formula is C11H12O2S2. The molecule has 2 rings (SSSR count). The van der Waals surface area contributed by atoms with Gasteiger partial charge in [0.25, 0.3) is 0 Å². The minimum atomic E-state index is -2.92. The molecule has 1 heterocycles. The normalized spacial score (nSPS) is 12.1. The van der Waals surface area contributed by atoms with Crippen molar-refractivity contribution in [3.63, 3.8) is 0 Å². The molecule has 0 fully saturated rings. The van der Waals surface area contributed by atoms with E-state index in [0.717, 1.165) is 15.0 Å². The highest BCUT2D eigenvalue weighted by Crippen LogP contribution is 2.27. The Bertz CT molecular complexity index is 594. The zero-order valence-corrected chi connectivity index (χ0v) is 10.3. The summed E-state index contributed by atoms with van der Waals surface area (Å²) in [5.74, 6) is 0.144.